The van der Waals surface area contributed by atoms with Crippen molar-refractivity contribution in [3.8, 4) is 0 Å². The largest absolute Gasteiger partial charge is 0.433 e. The van der Waals surface area contributed by atoms with E-state index in [1.165, 1.54) is 6.92 Å². The standard InChI is InChI=1S/C19H27N3O4/c1-4-12(2)16(11-23)22-17(24)19(3,26-18(20)25)9-13-10-21-15-8-6-5-7-14(13)15/h5-8,10,12,16,21,23H,4,9,11H2,1-3H3,(H2,20,25)(H,22,24)/t12-,16?,19-/m0/s1. The van der Waals surface area contributed by atoms with Crippen LogP contribution in [0, 0.1) is 5.92 Å². The molecule has 0 saturated heterocycles. The van der Waals surface area contributed by atoms with Crippen molar-refractivity contribution in [1.29, 1.82) is 0 Å². The van der Waals surface area contributed by atoms with Gasteiger partial charge in [-0.1, -0.05) is 38.5 Å². The van der Waals surface area contributed by atoms with Crippen LogP contribution in [0.5, 0.6) is 0 Å². The molecule has 0 spiro atoms. The van der Waals surface area contributed by atoms with Crippen LogP contribution in [-0.4, -0.2) is 40.3 Å². The van der Waals surface area contributed by atoms with Gasteiger partial charge in [-0.3, -0.25) is 4.79 Å². The maximum Gasteiger partial charge on any atom is 0.405 e. The zero-order valence-electron chi connectivity index (χ0n) is 15.4. The van der Waals surface area contributed by atoms with E-state index in [2.05, 4.69) is 10.3 Å². The molecule has 2 amide bonds. The highest BCUT2D eigenvalue weighted by Crippen LogP contribution is 2.25. The van der Waals surface area contributed by atoms with E-state index in [1.54, 1.807) is 6.20 Å². The Labute approximate surface area is 152 Å². The minimum absolute atomic E-state index is 0.0786. The molecule has 2 rings (SSSR count). The number of para-hydroxylation sites is 1. The molecule has 142 valence electrons. The number of benzene rings is 1. The van der Waals surface area contributed by atoms with Crippen molar-refractivity contribution >= 4 is 22.9 Å². The second-order valence-corrected chi connectivity index (χ2v) is 6.84. The van der Waals surface area contributed by atoms with Gasteiger partial charge in [-0.2, -0.15) is 0 Å². The molecule has 26 heavy (non-hydrogen) atoms. The van der Waals surface area contributed by atoms with Gasteiger partial charge in [-0.15, -0.1) is 0 Å². The molecular formula is C19H27N3O4. The summed E-state index contributed by atoms with van der Waals surface area (Å²) < 4.78 is 5.21. The lowest BCUT2D eigenvalue weighted by Gasteiger charge is -2.31. The van der Waals surface area contributed by atoms with Crippen LogP contribution in [0.25, 0.3) is 10.9 Å². The maximum absolute atomic E-state index is 12.9. The lowest BCUT2D eigenvalue weighted by molar-refractivity contribution is -0.139. The number of nitrogens with two attached hydrogens (primary N) is 1. The first-order valence-corrected chi connectivity index (χ1v) is 8.76. The minimum Gasteiger partial charge on any atom is -0.433 e. The lowest BCUT2D eigenvalue weighted by atomic mass is 9.93. The summed E-state index contributed by atoms with van der Waals surface area (Å²) in [6, 6.07) is 7.24. The van der Waals surface area contributed by atoms with Crippen LogP contribution in [0.4, 0.5) is 4.79 Å². The van der Waals surface area contributed by atoms with Gasteiger partial charge in [0.2, 0.25) is 0 Å². The van der Waals surface area contributed by atoms with E-state index >= 15 is 0 Å². The predicted molar refractivity (Wildman–Crippen MR) is 99.5 cm³/mol. The number of hydrogen-bond donors (Lipinski definition) is 4. The number of aliphatic hydroxyl groups excluding tert-OH is 1. The monoisotopic (exact) mass is 361 g/mol. The number of aromatic nitrogens is 1. The van der Waals surface area contributed by atoms with Crippen molar-refractivity contribution in [1.82, 2.24) is 10.3 Å². The molecule has 7 heteroatoms. The van der Waals surface area contributed by atoms with Crippen molar-refractivity contribution < 1.29 is 19.4 Å². The Balaban J connectivity index is 2.29. The summed E-state index contributed by atoms with van der Waals surface area (Å²) in [6.07, 6.45) is 1.72. The smallest absolute Gasteiger partial charge is 0.405 e. The molecule has 3 atom stereocenters. The Bertz CT molecular complexity index is 773. The first-order chi connectivity index (χ1) is 12.3. The Morgan fingerprint density at radius 2 is 2.08 bits per heavy atom. The van der Waals surface area contributed by atoms with Crippen molar-refractivity contribution in [3.63, 3.8) is 0 Å². The van der Waals surface area contributed by atoms with Crippen molar-refractivity contribution in [2.45, 2.75) is 45.3 Å². The van der Waals surface area contributed by atoms with Crippen LogP contribution < -0.4 is 11.1 Å². The molecule has 1 heterocycles. The van der Waals surface area contributed by atoms with Crippen molar-refractivity contribution in [2.75, 3.05) is 6.61 Å². The lowest BCUT2D eigenvalue weighted by Crippen LogP contribution is -2.55. The predicted octanol–water partition coefficient (Wildman–Crippen LogP) is 2.09. The topological polar surface area (TPSA) is 117 Å². The average Bonchev–Trinajstić information content (AvgIpc) is 3.00. The van der Waals surface area contributed by atoms with Gasteiger partial charge < -0.3 is 25.9 Å². The van der Waals surface area contributed by atoms with Crippen LogP contribution in [-0.2, 0) is 16.0 Å². The number of aliphatic hydroxyl groups is 1. The summed E-state index contributed by atoms with van der Waals surface area (Å²) in [5.74, 6) is -0.407. The summed E-state index contributed by atoms with van der Waals surface area (Å²) in [7, 11) is 0. The number of hydrogen-bond acceptors (Lipinski definition) is 4. The molecule has 0 saturated carbocycles. The fraction of sp³-hybridized carbons (Fsp3) is 0.474. The van der Waals surface area contributed by atoms with Gasteiger partial charge in [0, 0.05) is 23.5 Å². The number of aromatic amines is 1. The third-order valence-corrected chi connectivity index (χ3v) is 4.85. The number of fused-ring (bicyclic) bond motifs is 1. The van der Waals surface area contributed by atoms with Gasteiger partial charge in [0.15, 0.2) is 5.60 Å². The number of carbonyl (C=O) groups excluding carboxylic acids is 2. The van der Waals surface area contributed by atoms with Crippen LogP contribution in [0.3, 0.4) is 0 Å². The van der Waals surface area contributed by atoms with E-state index in [-0.39, 0.29) is 18.9 Å². The van der Waals surface area contributed by atoms with Gasteiger partial charge in [-0.05, 0) is 24.5 Å². The van der Waals surface area contributed by atoms with E-state index in [0.717, 1.165) is 22.9 Å². The third kappa shape index (κ3) is 4.35. The number of primary amides is 1. The van der Waals surface area contributed by atoms with Crippen LogP contribution >= 0.6 is 0 Å². The second-order valence-electron chi connectivity index (χ2n) is 6.84. The summed E-state index contributed by atoms with van der Waals surface area (Å²) in [5.41, 5.74) is 5.49. The highest BCUT2D eigenvalue weighted by molar-refractivity contribution is 5.89. The van der Waals surface area contributed by atoms with Gasteiger partial charge in [0.25, 0.3) is 5.91 Å². The highest BCUT2D eigenvalue weighted by atomic mass is 16.6. The molecule has 0 bridgehead atoms. The molecule has 2 aromatic rings. The summed E-state index contributed by atoms with van der Waals surface area (Å²) >= 11 is 0. The molecule has 5 N–H and O–H groups in total. The molecular weight excluding hydrogens is 334 g/mol. The van der Waals surface area contributed by atoms with E-state index in [9.17, 15) is 14.7 Å². The van der Waals surface area contributed by atoms with Gasteiger partial charge in [0.1, 0.15) is 0 Å². The van der Waals surface area contributed by atoms with E-state index < -0.39 is 23.6 Å². The highest BCUT2D eigenvalue weighted by Gasteiger charge is 2.39. The number of nitrogens with one attached hydrogen (secondary N) is 2. The quantitative estimate of drug-likeness (QED) is 0.576. The normalized spacial score (nSPS) is 15.8. The van der Waals surface area contributed by atoms with Crippen molar-refractivity contribution in [2.24, 2.45) is 11.7 Å². The van der Waals surface area contributed by atoms with Gasteiger partial charge in [0.05, 0.1) is 12.6 Å². The number of H-pyrrole nitrogens is 1. The van der Waals surface area contributed by atoms with E-state index in [1.807, 2.05) is 38.1 Å². The fourth-order valence-electron chi connectivity index (χ4n) is 3.00. The Morgan fingerprint density at radius 3 is 2.69 bits per heavy atom. The van der Waals surface area contributed by atoms with Crippen LogP contribution in [0.2, 0.25) is 0 Å². The first kappa shape index (κ1) is 19.8. The third-order valence-electron chi connectivity index (χ3n) is 4.85. The molecule has 1 aromatic heterocycles. The molecule has 0 fully saturated rings. The molecule has 1 unspecified atom stereocenters. The van der Waals surface area contributed by atoms with Crippen LogP contribution in [0.1, 0.15) is 32.8 Å². The van der Waals surface area contributed by atoms with Crippen molar-refractivity contribution in [3.05, 3.63) is 36.0 Å². The number of ether oxygens (including phenoxy) is 1. The Morgan fingerprint density at radius 1 is 1.38 bits per heavy atom. The zero-order chi connectivity index (χ0) is 19.3. The van der Waals surface area contributed by atoms with E-state index in [0.29, 0.717) is 0 Å². The number of rotatable bonds is 8. The SMILES string of the molecule is CC[C@H](C)C(CO)NC(=O)[C@](C)(Cc1c[nH]c2ccccc12)OC(N)=O. The second kappa shape index (κ2) is 8.23. The number of carbonyl (C=O) groups is 2. The van der Waals surface area contributed by atoms with Gasteiger partial charge >= 0.3 is 6.09 Å². The molecule has 7 nitrogen and oxygen atoms in total. The Kier molecular flexibility index (Phi) is 6.26. The molecule has 1 aromatic carbocycles. The molecule has 0 aliphatic heterocycles. The Hall–Kier alpha value is -2.54. The fourth-order valence-corrected chi connectivity index (χ4v) is 3.00. The molecule has 0 aliphatic carbocycles. The first-order valence-electron chi connectivity index (χ1n) is 8.76. The van der Waals surface area contributed by atoms with E-state index in [4.69, 9.17) is 10.5 Å². The average molecular weight is 361 g/mol. The number of amides is 2. The zero-order valence-corrected chi connectivity index (χ0v) is 15.4. The maximum atomic E-state index is 12.9. The molecule has 0 aliphatic rings. The minimum atomic E-state index is -1.49. The van der Waals surface area contributed by atoms with Gasteiger partial charge in [-0.25, -0.2) is 4.79 Å². The molecule has 0 radical (unpaired) electrons. The summed E-state index contributed by atoms with van der Waals surface area (Å²) in [5, 5.41) is 13.3. The van der Waals surface area contributed by atoms with Crippen LogP contribution in [0.15, 0.2) is 30.5 Å². The summed E-state index contributed by atoms with van der Waals surface area (Å²) in [4.78, 5) is 27.4. The summed E-state index contributed by atoms with van der Waals surface area (Å²) in [6.45, 7) is 5.25.